The summed E-state index contributed by atoms with van der Waals surface area (Å²) in [5.41, 5.74) is 2.29. The Morgan fingerprint density at radius 3 is 2.48 bits per heavy atom. The van der Waals surface area contributed by atoms with Gasteiger partial charge >= 0.3 is 6.09 Å². The lowest BCUT2D eigenvalue weighted by Gasteiger charge is -2.29. The van der Waals surface area contributed by atoms with E-state index in [2.05, 4.69) is 5.32 Å². The summed E-state index contributed by atoms with van der Waals surface area (Å²) in [5.74, 6) is -0.106. The molecule has 1 aliphatic rings. The van der Waals surface area contributed by atoms with Gasteiger partial charge in [-0.3, -0.25) is 4.79 Å². The highest BCUT2D eigenvalue weighted by atomic mass is 16.6. The number of carbonyl (C=O) groups excluding carboxylic acids is 2. The smallest absolute Gasteiger partial charge is 0.410 e. The van der Waals surface area contributed by atoms with E-state index in [4.69, 9.17) is 4.74 Å². The molecule has 0 aliphatic carbocycles. The molecule has 6 heteroatoms. The van der Waals surface area contributed by atoms with Gasteiger partial charge in [0.25, 0.3) is 5.91 Å². The van der Waals surface area contributed by atoms with Crippen molar-refractivity contribution >= 4 is 17.6 Å². The van der Waals surface area contributed by atoms with Crippen LogP contribution in [0.15, 0.2) is 18.2 Å². The second-order valence-electron chi connectivity index (χ2n) is 6.65. The molecule has 0 aromatic carbocycles. The number of aromatic nitrogens is 1. The van der Waals surface area contributed by atoms with Crippen molar-refractivity contribution in [3.63, 3.8) is 0 Å². The first kappa shape index (κ1) is 17.1. The third-order valence-electron chi connectivity index (χ3n) is 3.77. The van der Waals surface area contributed by atoms with Crippen molar-refractivity contribution in [3.05, 3.63) is 29.6 Å². The van der Waals surface area contributed by atoms with E-state index in [1.165, 1.54) is 0 Å². The normalized spacial score (nSPS) is 15.2. The first-order valence-corrected chi connectivity index (χ1v) is 7.78. The van der Waals surface area contributed by atoms with Gasteiger partial charge in [-0.15, -0.1) is 0 Å². The van der Waals surface area contributed by atoms with Crippen molar-refractivity contribution in [2.75, 3.05) is 20.1 Å². The number of carbonyl (C=O) groups is 2. The van der Waals surface area contributed by atoms with E-state index < -0.39 is 5.60 Å². The van der Waals surface area contributed by atoms with Crippen molar-refractivity contribution < 1.29 is 14.3 Å². The van der Waals surface area contributed by atoms with Crippen LogP contribution in [0.1, 0.15) is 43.4 Å². The molecule has 0 atom stereocenters. The fourth-order valence-electron chi connectivity index (χ4n) is 2.58. The zero-order valence-electron chi connectivity index (χ0n) is 14.5. The number of amides is 2. The summed E-state index contributed by atoms with van der Waals surface area (Å²) in [5, 5.41) is 2.63. The van der Waals surface area contributed by atoms with Gasteiger partial charge in [0.2, 0.25) is 0 Å². The number of hydrogen-bond donors (Lipinski definition) is 1. The molecule has 2 rings (SSSR count). The van der Waals surface area contributed by atoms with E-state index in [9.17, 15) is 9.59 Å². The molecule has 2 heterocycles. The molecule has 0 bridgehead atoms. The highest BCUT2D eigenvalue weighted by Crippen LogP contribution is 2.24. The highest BCUT2D eigenvalue weighted by molar-refractivity contribution is 5.93. The largest absolute Gasteiger partial charge is 0.444 e. The number of nitrogens with one attached hydrogen (secondary N) is 1. The average Bonchev–Trinajstić information content (AvgIpc) is 2.86. The minimum Gasteiger partial charge on any atom is -0.444 e. The zero-order chi connectivity index (χ0) is 17.2. The minimum atomic E-state index is -0.485. The van der Waals surface area contributed by atoms with Crippen LogP contribution in [0.25, 0.3) is 5.57 Å². The van der Waals surface area contributed by atoms with E-state index in [0.717, 1.165) is 17.7 Å². The van der Waals surface area contributed by atoms with Crippen LogP contribution >= 0.6 is 0 Å². The monoisotopic (exact) mass is 319 g/mol. The molecule has 0 radical (unpaired) electrons. The lowest BCUT2D eigenvalue weighted by molar-refractivity contribution is 0.0270. The van der Waals surface area contributed by atoms with Crippen LogP contribution < -0.4 is 5.32 Å². The minimum absolute atomic E-state index is 0.106. The van der Waals surface area contributed by atoms with Gasteiger partial charge in [-0.1, -0.05) is 6.08 Å². The number of ether oxygens (including phenoxy) is 1. The molecule has 0 saturated heterocycles. The summed E-state index contributed by atoms with van der Waals surface area (Å²) in [7, 11) is 3.49. The Labute approximate surface area is 137 Å². The number of nitrogens with zero attached hydrogens (tertiary/aromatic N) is 2. The maximum atomic E-state index is 12.1. The Morgan fingerprint density at radius 1 is 1.26 bits per heavy atom. The van der Waals surface area contributed by atoms with Gasteiger partial charge in [-0.05, 0) is 44.9 Å². The maximum absolute atomic E-state index is 12.1. The first-order chi connectivity index (χ1) is 10.7. The Balaban J connectivity index is 2.09. The van der Waals surface area contributed by atoms with Gasteiger partial charge in [0.05, 0.1) is 0 Å². The lowest BCUT2D eigenvalue weighted by atomic mass is 10.1. The van der Waals surface area contributed by atoms with Gasteiger partial charge < -0.3 is 19.5 Å². The summed E-state index contributed by atoms with van der Waals surface area (Å²) >= 11 is 0. The molecule has 0 unspecified atom stereocenters. The SMILES string of the molecule is CNC(=O)c1ccc(C2=CCN(C(=O)OC(C)(C)C)CC2)n1C. The van der Waals surface area contributed by atoms with Crippen molar-refractivity contribution in [3.8, 4) is 0 Å². The molecule has 0 saturated carbocycles. The Kier molecular flexibility index (Phi) is 4.82. The zero-order valence-corrected chi connectivity index (χ0v) is 14.5. The number of rotatable bonds is 2. The molecule has 23 heavy (non-hydrogen) atoms. The summed E-state index contributed by atoms with van der Waals surface area (Å²) in [6, 6.07) is 3.76. The van der Waals surface area contributed by atoms with E-state index in [0.29, 0.717) is 18.8 Å². The van der Waals surface area contributed by atoms with E-state index >= 15 is 0 Å². The molecule has 6 nitrogen and oxygen atoms in total. The Hall–Kier alpha value is -2.24. The first-order valence-electron chi connectivity index (χ1n) is 7.78. The molecule has 1 aromatic heterocycles. The van der Waals surface area contributed by atoms with Crippen LogP contribution in [-0.4, -0.2) is 47.2 Å². The van der Waals surface area contributed by atoms with Crippen LogP contribution in [0, 0.1) is 0 Å². The van der Waals surface area contributed by atoms with Crippen molar-refractivity contribution in [2.45, 2.75) is 32.8 Å². The topological polar surface area (TPSA) is 63.6 Å². The van der Waals surface area contributed by atoms with E-state index in [1.807, 2.05) is 50.6 Å². The van der Waals surface area contributed by atoms with Crippen LogP contribution in [0.5, 0.6) is 0 Å². The molecular weight excluding hydrogens is 294 g/mol. The average molecular weight is 319 g/mol. The summed E-state index contributed by atoms with van der Waals surface area (Å²) in [6.07, 6.45) is 2.48. The predicted molar refractivity (Wildman–Crippen MR) is 89.2 cm³/mol. The highest BCUT2D eigenvalue weighted by Gasteiger charge is 2.24. The predicted octanol–water partition coefficient (Wildman–Crippen LogP) is 2.41. The van der Waals surface area contributed by atoms with Crippen LogP contribution in [0.3, 0.4) is 0 Å². The lowest BCUT2D eigenvalue weighted by Crippen LogP contribution is -2.39. The standard InChI is InChI=1S/C17H25N3O3/c1-17(2,3)23-16(22)20-10-8-12(9-11-20)13-6-7-14(19(13)5)15(21)18-4/h6-8H,9-11H2,1-5H3,(H,18,21). The Bertz CT molecular complexity index is 638. The molecule has 1 aromatic rings. The van der Waals surface area contributed by atoms with Gasteiger partial charge in [0.1, 0.15) is 11.3 Å². The summed E-state index contributed by atoms with van der Waals surface area (Å²) in [6.45, 7) is 6.72. The van der Waals surface area contributed by atoms with Crippen molar-refractivity contribution in [1.82, 2.24) is 14.8 Å². The van der Waals surface area contributed by atoms with Crippen LogP contribution in [-0.2, 0) is 11.8 Å². The van der Waals surface area contributed by atoms with Crippen LogP contribution in [0.4, 0.5) is 4.79 Å². The van der Waals surface area contributed by atoms with Crippen molar-refractivity contribution in [1.29, 1.82) is 0 Å². The summed E-state index contributed by atoms with van der Waals surface area (Å²) < 4.78 is 7.27. The third-order valence-corrected chi connectivity index (χ3v) is 3.77. The maximum Gasteiger partial charge on any atom is 0.410 e. The van der Waals surface area contributed by atoms with Crippen LogP contribution in [0.2, 0.25) is 0 Å². The fraction of sp³-hybridized carbons (Fsp3) is 0.529. The van der Waals surface area contributed by atoms with Gasteiger partial charge in [0, 0.05) is 32.9 Å². The van der Waals surface area contributed by atoms with Gasteiger partial charge in [0.15, 0.2) is 0 Å². The van der Waals surface area contributed by atoms with Gasteiger partial charge in [-0.2, -0.15) is 0 Å². The fourth-order valence-corrected chi connectivity index (χ4v) is 2.58. The molecule has 1 N–H and O–H groups in total. The second-order valence-corrected chi connectivity index (χ2v) is 6.65. The molecule has 0 fully saturated rings. The molecule has 1 aliphatic heterocycles. The molecule has 2 amide bonds. The van der Waals surface area contributed by atoms with E-state index in [-0.39, 0.29) is 12.0 Å². The molecular formula is C17H25N3O3. The molecule has 0 spiro atoms. The quantitative estimate of drug-likeness (QED) is 0.910. The summed E-state index contributed by atoms with van der Waals surface area (Å²) in [4.78, 5) is 25.5. The van der Waals surface area contributed by atoms with E-state index in [1.54, 1.807) is 11.9 Å². The second kappa shape index (κ2) is 6.48. The molecule has 126 valence electrons. The van der Waals surface area contributed by atoms with Crippen molar-refractivity contribution in [2.24, 2.45) is 7.05 Å². The van der Waals surface area contributed by atoms with Gasteiger partial charge in [-0.25, -0.2) is 4.79 Å². The third kappa shape index (κ3) is 3.94. The Morgan fingerprint density at radius 2 is 1.96 bits per heavy atom. The number of hydrogen-bond acceptors (Lipinski definition) is 3.